The van der Waals surface area contributed by atoms with Crippen LogP contribution in [0.3, 0.4) is 0 Å². The predicted octanol–water partition coefficient (Wildman–Crippen LogP) is 6.29. The van der Waals surface area contributed by atoms with Gasteiger partial charge in [0.25, 0.3) is 0 Å². The molecule has 1 fully saturated rings. The van der Waals surface area contributed by atoms with Gasteiger partial charge in [0.1, 0.15) is 5.82 Å². The van der Waals surface area contributed by atoms with Gasteiger partial charge in [-0.1, -0.05) is 60.7 Å². The summed E-state index contributed by atoms with van der Waals surface area (Å²) in [7, 11) is 0. The molecule has 0 aliphatic heterocycles. The van der Waals surface area contributed by atoms with Gasteiger partial charge in [0, 0.05) is 46.4 Å². The van der Waals surface area contributed by atoms with E-state index in [1.54, 1.807) is 0 Å². The zero-order valence-corrected chi connectivity index (χ0v) is 19.2. The normalized spacial score (nSPS) is 22.4. The lowest BCUT2D eigenvalue weighted by molar-refractivity contribution is 0.219. The van der Waals surface area contributed by atoms with Gasteiger partial charge < -0.3 is 0 Å². The number of nitrogens with zero attached hydrogens (tertiary/aromatic N) is 4. The van der Waals surface area contributed by atoms with Gasteiger partial charge in [-0.15, -0.1) is 0 Å². The van der Waals surface area contributed by atoms with Crippen molar-refractivity contribution in [2.45, 2.75) is 44.4 Å². The van der Waals surface area contributed by atoms with E-state index in [-0.39, 0.29) is 23.7 Å². The van der Waals surface area contributed by atoms with Crippen LogP contribution in [0.2, 0.25) is 5.28 Å². The molecule has 32 heavy (non-hydrogen) atoms. The highest BCUT2D eigenvalue weighted by molar-refractivity contribution is 6.28. The summed E-state index contributed by atoms with van der Waals surface area (Å²) in [5, 5.41) is 0.302. The lowest BCUT2D eigenvalue weighted by Crippen LogP contribution is -2.41. The minimum absolute atomic E-state index is 0.166. The van der Waals surface area contributed by atoms with E-state index >= 15 is 0 Å². The number of hydrogen-bond donors (Lipinski definition) is 0. The molecule has 0 spiro atoms. The molecule has 2 aromatic heterocycles. The van der Waals surface area contributed by atoms with Crippen molar-refractivity contribution >= 4 is 11.6 Å². The largest absolute Gasteiger partial charge is 0.239 e. The zero-order valence-electron chi connectivity index (χ0n) is 18.4. The maximum Gasteiger partial charge on any atom is 0.222 e. The first-order valence-corrected chi connectivity index (χ1v) is 11.3. The molecule has 5 rings (SSSR count). The summed E-state index contributed by atoms with van der Waals surface area (Å²) >= 11 is 6.31. The summed E-state index contributed by atoms with van der Waals surface area (Å²) in [5.41, 5.74) is 6.54. The molecule has 160 valence electrons. The number of benzene rings is 2. The fraction of sp³-hybridized carbons (Fsp3) is 0.259. The molecule has 0 amide bonds. The van der Waals surface area contributed by atoms with Crippen molar-refractivity contribution in [1.82, 2.24) is 19.9 Å². The number of halogens is 1. The fourth-order valence-corrected chi connectivity index (χ4v) is 5.54. The molecule has 1 saturated carbocycles. The molecular formula is C27H25ClN4. The van der Waals surface area contributed by atoms with E-state index in [9.17, 15) is 0 Å². The Morgan fingerprint density at radius 3 is 1.50 bits per heavy atom. The maximum atomic E-state index is 6.31. The van der Waals surface area contributed by atoms with Crippen LogP contribution in [-0.2, 0) is 0 Å². The molecule has 4 aromatic rings. The van der Waals surface area contributed by atoms with E-state index < -0.39 is 0 Å². The maximum absolute atomic E-state index is 6.31. The quantitative estimate of drug-likeness (QED) is 0.350. The smallest absolute Gasteiger partial charge is 0.222 e. The third kappa shape index (κ3) is 3.80. The van der Waals surface area contributed by atoms with Crippen LogP contribution in [0, 0.1) is 20.8 Å². The van der Waals surface area contributed by atoms with E-state index in [4.69, 9.17) is 21.6 Å². The lowest BCUT2D eigenvalue weighted by Gasteiger charge is -2.52. The highest BCUT2D eigenvalue weighted by Crippen LogP contribution is 2.65. The molecule has 1 aliphatic carbocycles. The fourth-order valence-electron chi connectivity index (χ4n) is 5.31. The van der Waals surface area contributed by atoms with Crippen LogP contribution < -0.4 is 0 Å². The van der Waals surface area contributed by atoms with Crippen molar-refractivity contribution in [2.75, 3.05) is 0 Å². The second kappa shape index (κ2) is 8.44. The van der Waals surface area contributed by atoms with Gasteiger partial charge in [0.05, 0.1) is 0 Å². The van der Waals surface area contributed by atoms with Crippen LogP contribution in [0.1, 0.15) is 63.4 Å². The Morgan fingerprint density at radius 1 is 0.562 bits per heavy atom. The molecule has 2 atom stereocenters. The average Bonchev–Trinajstić information content (AvgIpc) is 2.73. The highest BCUT2D eigenvalue weighted by atomic mass is 35.5. The van der Waals surface area contributed by atoms with Gasteiger partial charge in [0.2, 0.25) is 5.28 Å². The Labute approximate surface area is 193 Å². The second-order valence-corrected chi connectivity index (χ2v) is 8.95. The van der Waals surface area contributed by atoms with Gasteiger partial charge >= 0.3 is 0 Å². The molecule has 1 aliphatic rings. The van der Waals surface area contributed by atoms with Gasteiger partial charge in [-0.25, -0.2) is 19.9 Å². The summed E-state index contributed by atoms with van der Waals surface area (Å²) in [4.78, 5) is 18.4. The first-order chi connectivity index (χ1) is 15.5. The minimum atomic E-state index is 0.166. The third-order valence-electron chi connectivity index (χ3n) is 6.43. The number of aromatic nitrogens is 4. The van der Waals surface area contributed by atoms with E-state index in [1.165, 1.54) is 11.1 Å². The number of rotatable bonds is 4. The molecule has 0 N–H and O–H groups in total. The Morgan fingerprint density at radius 2 is 1.03 bits per heavy atom. The Bertz CT molecular complexity index is 1100. The SMILES string of the molecule is Cc1cc(C2[C@@H](c3ccccc3)C(c3cc(C)nc(Cl)n3)[C@@H]2c2ccccc2)nc(C)n1. The van der Waals surface area contributed by atoms with Gasteiger partial charge in [-0.05, 0) is 55.6 Å². The van der Waals surface area contributed by atoms with Crippen LogP contribution in [0.25, 0.3) is 0 Å². The summed E-state index contributed by atoms with van der Waals surface area (Å²) in [6.07, 6.45) is 0. The molecule has 2 aromatic carbocycles. The molecule has 0 bridgehead atoms. The molecule has 2 heterocycles. The van der Waals surface area contributed by atoms with Crippen LogP contribution in [0.4, 0.5) is 0 Å². The van der Waals surface area contributed by atoms with E-state index in [1.807, 2.05) is 20.8 Å². The molecular weight excluding hydrogens is 416 g/mol. The van der Waals surface area contributed by atoms with Gasteiger partial charge in [-0.2, -0.15) is 0 Å². The third-order valence-corrected chi connectivity index (χ3v) is 6.60. The molecule has 0 saturated heterocycles. The highest BCUT2D eigenvalue weighted by Gasteiger charge is 2.54. The molecule has 4 nitrogen and oxygen atoms in total. The summed E-state index contributed by atoms with van der Waals surface area (Å²) in [5.74, 6) is 1.63. The van der Waals surface area contributed by atoms with Crippen LogP contribution in [0.5, 0.6) is 0 Å². The van der Waals surface area contributed by atoms with Crippen molar-refractivity contribution in [3.8, 4) is 0 Å². The predicted molar refractivity (Wildman–Crippen MR) is 127 cm³/mol. The Balaban J connectivity index is 1.72. The van der Waals surface area contributed by atoms with Crippen LogP contribution in [0.15, 0.2) is 72.8 Å². The molecule has 0 radical (unpaired) electrons. The van der Waals surface area contributed by atoms with Crippen LogP contribution >= 0.6 is 11.6 Å². The van der Waals surface area contributed by atoms with E-state index in [0.717, 1.165) is 28.6 Å². The molecule has 5 heteroatoms. The van der Waals surface area contributed by atoms with Crippen molar-refractivity contribution in [1.29, 1.82) is 0 Å². The number of aryl methyl sites for hydroxylation is 3. The van der Waals surface area contributed by atoms with Crippen molar-refractivity contribution in [3.05, 3.63) is 118 Å². The summed E-state index contributed by atoms with van der Waals surface area (Å²) in [6, 6.07) is 25.6. The van der Waals surface area contributed by atoms with Crippen molar-refractivity contribution < 1.29 is 0 Å². The molecule has 0 unspecified atom stereocenters. The second-order valence-electron chi connectivity index (χ2n) is 8.61. The minimum Gasteiger partial charge on any atom is -0.239 e. The van der Waals surface area contributed by atoms with Crippen LogP contribution in [-0.4, -0.2) is 19.9 Å². The first kappa shape index (κ1) is 20.8. The Hall–Kier alpha value is -3.11. The summed E-state index contributed by atoms with van der Waals surface area (Å²) < 4.78 is 0. The zero-order chi connectivity index (χ0) is 22.2. The van der Waals surface area contributed by atoms with E-state index in [0.29, 0.717) is 5.28 Å². The van der Waals surface area contributed by atoms with Gasteiger partial charge in [0.15, 0.2) is 0 Å². The first-order valence-electron chi connectivity index (χ1n) is 10.9. The van der Waals surface area contributed by atoms with Crippen molar-refractivity contribution in [3.63, 3.8) is 0 Å². The summed E-state index contributed by atoms with van der Waals surface area (Å²) in [6.45, 7) is 5.98. The monoisotopic (exact) mass is 440 g/mol. The van der Waals surface area contributed by atoms with Crippen molar-refractivity contribution in [2.24, 2.45) is 0 Å². The number of hydrogen-bond acceptors (Lipinski definition) is 4. The average molecular weight is 441 g/mol. The standard InChI is InChI=1S/C27H25ClN4/c1-16-14-21(31-18(3)29-16)25-23(19-10-6-4-7-11-19)26(22-15-17(2)30-27(28)32-22)24(25)20-12-8-5-9-13-20/h4-15,23-26H,1-3H3/t23-,24-,25?,26?/m1/s1. The lowest BCUT2D eigenvalue weighted by atomic mass is 9.50. The van der Waals surface area contributed by atoms with Gasteiger partial charge in [-0.3, -0.25) is 0 Å². The topological polar surface area (TPSA) is 51.6 Å². The Kier molecular flexibility index (Phi) is 5.48. The van der Waals surface area contributed by atoms with E-state index in [2.05, 4.69) is 82.8 Å².